The zero-order valence-corrected chi connectivity index (χ0v) is 14.7. The van der Waals surface area contributed by atoms with Crippen molar-refractivity contribution >= 4 is 28.9 Å². The van der Waals surface area contributed by atoms with Crippen molar-refractivity contribution in [2.24, 2.45) is 4.99 Å². The number of aryl methyl sites for hydroxylation is 1. The minimum absolute atomic E-state index is 0.208. The Morgan fingerprint density at radius 3 is 2.76 bits per heavy atom. The predicted molar refractivity (Wildman–Crippen MR) is 99.3 cm³/mol. The number of rotatable bonds is 2. The molecule has 0 N–H and O–H groups in total. The second-order valence-electron chi connectivity index (χ2n) is 5.93. The van der Waals surface area contributed by atoms with Crippen molar-refractivity contribution in [1.82, 2.24) is 4.90 Å². The summed E-state index contributed by atoms with van der Waals surface area (Å²) in [5, 5.41) is 0.755. The lowest BCUT2D eigenvalue weighted by atomic mass is 10.1. The molecular weight excluding hydrogens is 336 g/mol. The molecule has 1 amide bonds. The van der Waals surface area contributed by atoms with E-state index in [4.69, 9.17) is 9.15 Å². The van der Waals surface area contributed by atoms with Gasteiger partial charge in [0, 0.05) is 24.7 Å². The summed E-state index contributed by atoms with van der Waals surface area (Å²) in [7, 11) is 0. The minimum Gasteiger partial charge on any atom is -0.457 e. The molecule has 1 saturated heterocycles. The quantitative estimate of drug-likeness (QED) is 0.772. The van der Waals surface area contributed by atoms with Crippen LogP contribution >= 0.6 is 11.8 Å². The predicted octanol–water partition coefficient (Wildman–Crippen LogP) is 3.56. The highest BCUT2D eigenvalue weighted by molar-refractivity contribution is 8.18. The highest BCUT2D eigenvalue weighted by Gasteiger charge is 2.27. The smallest absolute Gasteiger partial charge is 0.286 e. The number of benzene rings is 1. The molecule has 4 rings (SSSR count). The number of ether oxygens (including phenoxy) is 1. The third-order valence-electron chi connectivity index (χ3n) is 4.20. The Morgan fingerprint density at radius 1 is 1.16 bits per heavy atom. The van der Waals surface area contributed by atoms with Crippen LogP contribution in [-0.2, 0) is 9.53 Å². The first kappa shape index (κ1) is 16.2. The first-order valence-corrected chi connectivity index (χ1v) is 9.03. The lowest BCUT2D eigenvalue weighted by Crippen LogP contribution is -2.38. The van der Waals surface area contributed by atoms with E-state index >= 15 is 0 Å². The molecule has 0 spiro atoms. The molecule has 0 bridgehead atoms. The second kappa shape index (κ2) is 6.90. The van der Waals surface area contributed by atoms with E-state index in [2.05, 4.69) is 22.9 Å². The third kappa shape index (κ3) is 3.41. The van der Waals surface area contributed by atoms with Gasteiger partial charge in [0.25, 0.3) is 5.91 Å². The van der Waals surface area contributed by atoms with Gasteiger partial charge in [0.2, 0.25) is 0 Å². The molecule has 3 heterocycles. The van der Waals surface area contributed by atoms with Gasteiger partial charge >= 0.3 is 0 Å². The molecule has 0 atom stereocenters. The number of aliphatic imine (C=N–C) groups is 1. The highest BCUT2D eigenvalue weighted by Crippen LogP contribution is 2.32. The third-order valence-corrected chi connectivity index (χ3v) is 5.25. The Morgan fingerprint density at radius 2 is 1.96 bits per heavy atom. The monoisotopic (exact) mass is 354 g/mol. The van der Waals surface area contributed by atoms with E-state index < -0.39 is 0 Å². The molecule has 1 aromatic carbocycles. The molecule has 0 aliphatic carbocycles. The maximum Gasteiger partial charge on any atom is 0.286 e. The van der Waals surface area contributed by atoms with Gasteiger partial charge in [-0.3, -0.25) is 4.79 Å². The van der Waals surface area contributed by atoms with Gasteiger partial charge in [0.15, 0.2) is 5.17 Å². The summed E-state index contributed by atoms with van der Waals surface area (Å²) in [4.78, 5) is 19.0. The van der Waals surface area contributed by atoms with Crippen molar-refractivity contribution in [3.8, 4) is 11.3 Å². The lowest BCUT2D eigenvalue weighted by Gasteiger charge is -2.27. The fourth-order valence-electron chi connectivity index (χ4n) is 2.84. The Labute approximate surface area is 150 Å². The van der Waals surface area contributed by atoms with Gasteiger partial charge in [0.05, 0.1) is 18.1 Å². The van der Waals surface area contributed by atoms with Crippen LogP contribution in [0.15, 0.2) is 50.7 Å². The topological polar surface area (TPSA) is 55.0 Å². The molecule has 2 aliphatic rings. The van der Waals surface area contributed by atoms with Crippen LogP contribution in [0.3, 0.4) is 0 Å². The van der Waals surface area contributed by atoms with Crippen LogP contribution in [0.1, 0.15) is 11.3 Å². The first-order valence-electron chi connectivity index (χ1n) is 8.22. The number of nitrogens with zero attached hydrogens (tertiary/aromatic N) is 2. The summed E-state index contributed by atoms with van der Waals surface area (Å²) in [5.74, 6) is 1.25. The average molecular weight is 354 g/mol. The zero-order chi connectivity index (χ0) is 17.2. The van der Waals surface area contributed by atoms with Crippen LogP contribution in [0.25, 0.3) is 17.4 Å². The molecular formula is C19H18N2O3S. The van der Waals surface area contributed by atoms with Crippen molar-refractivity contribution in [2.75, 3.05) is 26.3 Å². The molecule has 2 aliphatic heterocycles. The van der Waals surface area contributed by atoms with Crippen LogP contribution in [0.2, 0.25) is 0 Å². The summed E-state index contributed by atoms with van der Waals surface area (Å²) < 4.78 is 11.3. The number of morpholine rings is 1. The summed E-state index contributed by atoms with van der Waals surface area (Å²) in [6, 6.07) is 11.9. The van der Waals surface area contributed by atoms with Crippen LogP contribution < -0.4 is 0 Å². The zero-order valence-electron chi connectivity index (χ0n) is 13.9. The fraction of sp³-hybridized carbons (Fsp3) is 0.263. The van der Waals surface area contributed by atoms with Gasteiger partial charge in [-0.1, -0.05) is 24.3 Å². The van der Waals surface area contributed by atoms with Gasteiger partial charge in [-0.25, -0.2) is 0 Å². The molecule has 6 heteroatoms. The standard InChI is InChI=1S/C19H18N2O3S/c1-13-4-2-3-5-15(13)16-7-6-14(24-16)12-17-18(22)20-19(25-17)21-8-10-23-11-9-21/h2-7,12H,8-11H2,1H3/b17-12-. The van der Waals surface area contributed by atoms with E-state index in [0.717, 1.165) is 35.1 Å². The summed E-state index contributed by atoms with van der Waals surface area (Å²) in [6.07, 6.45) is 1.77. The summed E-state index contributed by atoms with van der Waals surface area (Å²) >= 11 is 1.40. The highest BCUT2D eigenvalue weighted by atomic mass is 32.2. The number of furan rings is 1. The number of amides is 1. The van der Waals surface area contributed by atoms with Crippen LogP contribution in [0, 0.1) is 6.92 Å². The normalized spacial score (nSPS) is 19.6. The van der Waals surface area contributed by atoms with Gasteiger partial charge in [-0.15, -0.1) is 0 Å². The van der Waals surface area contributed by atoms with E-state index in [0.29, 0.717) is 23.9 Å². The Bertz CT molecular complexity index is 863. The molecule has 0 unspecified atom stereocenters. The molecule has 5 nitrogen and oxygen atoms in total. The van der Waals surface area contributed by atoms with E-state index in [1.165, 1.54) is 11.8 Å². The maximum absolute atomic E-state index is 12.2. The van der Waals surface area contributed by atoms with Crippen molar-refractivity contribution < 1.29 is 13.9 Å². The van der Waals surface area contributed by atoms with E-state index in [-0.39, 0.29) is 5.91 Å². The van der Waals surface area contributed by atoms with Gasteiger partial charge in [-0.2, -0.15) is 4.99 Å². The van der Waals surface area contributed by atoms with E-state index in [9.17, 15) is 4.79 Å². The van der Waals surface area contributed by atoms with Gasteiger partial charge in [-0.05, 0) is 36.4 Å². The largest absolute Gasteiger partial charge is 0.457 e. The number of amidine groups is 1. The lowest BCUT2D eigenvalue weighted by molar-refractivity contribution is -0.113. The average Bonchev–Trinajstić information content (AvgIpc) is 3.24. The number of carbonyl (C=O) groups is 1. The second-order valence-corrected chi connectivity index (χ2v) is 6.94. The Kier molecular flexibility index (Phi) is 4.46. The van der Waals surface area contributed by atoms with Crippen molar-refractivity contribution in [3.05, 3.63) is 52.6 Å². The molecule has 1 fully saturated rings. The number of carbonyl (C=O) groups excluding carboxylic acids is 1. The fourth-order valence-corrected chi connectivity index (χ4v) is 3.79. The SMILES string of the molecule is Cc1ccccc1-c1ccc(/C=C2\SC(N3CCOCC3)=NC2=O)o1. The molecule has 128 valence electrons. The van der Waals surface area contributed by atoms with Crippen LogP contribution in [0.5, 0.6) is 0 Å². The van der Waals surface area contributed by atoms with Crippen LogP contribution in [0.4, 0.5) is 0 Å². The Hall–Kier alpha value is -2.31. The van der Waals surface area contributed by atoms with Gasteiger partial charge < -0.3 is 14.1 Å². The van der Waals surface area contributed by atoms with Crippen molar-refractivity contribution in [3.63, 3.8) is 0 Å². The maximum atomic E-state index is 12.2. The molecule has 2 aromatic rings. The Balaban J connectivity index is 1.52. The summed E-state index contributed by atoms with van der Waals surface area (Å²) in [6.45, 7) is 4.93. The summed E-state index contributed by atoms with van der Waals surface area (Å²) in [5.41, 5.74) is 2.21. The minimum atomic E-state index is -0.208. The van der Waals surface area contributed by atoms with Crippen molar-refractivity contribution in [1.29, 1.82) is 0 Å². The van der Waals surface area contributed by atoms with Gasteiger partial charge in [0.1, 0.15) is 11.5 Å². The number of hydrogen-bond donors (Lipinski definition) is 0. The molecule has 25 heavy (non-hydrogen) atoms. The van der Waals surface area contributed by atoms with Crippen molar-refractivity contribution in [2.45, 2.75) is 6.92 Å². The molecule has 0 saturated carbocycles. The van der Waals surface area contributed by atoms with E-state index in [1.54, 1.807) is 6.08 Å². The molecule has 0 radical (unpaired) electrons. The van der Waals surface area contributed by atoms with E-state index in [1.807, 2.05) is 30.3 Å². The number of hydrogen-bond acceptors (Lipinski definition) is 5. The van der Waals surface area contributed by atoms with Crippen LogP contribution in [-0.4, -0.2) is 42.3 Å². The molecule has 1 aromatic heterocycles. The number of thioether (sulfide) groups is 1. The first-order chi connectivity index (χ1) is 12.2.